The zero-order valence-corrected chi connectivity index (χ0v) is 41.2. The summed E-state index contributed by atoms with van der Waals surface area (Å²) in [4.78, 5) is 2.40. The number of benzene rings is 9. The van der Waals surface area contributed by atoms with Gasteiger partial charge in [0, 0.05) is 60.2 Å². The minimum absolute atomic E-state index is 0.0313. The number of nitrogens with zero attached hydrogens (tertiary/aromatic N) is 2. The maximum Gasteiger partial charge on any atom is 0.211 e. The lowest BCUT2D eigenvalue weighted by atomic mass is 9.62. The average Bonchev–Trinajstić information content (AvgIpc) is 4.05. The Morgan fingerprint density at radius 3 is 1.84 bits per heavy atom. The number of thiophene rings is 1. The Balaban J connectivity index is 1.10. The van der Waals surface area contributed by atoms with Crippen LogP contribution in [0.15, 0.2) is 199 Å². The summed E-state index contributed by atoms with van der Waals surface area (Å²) in [6.45, 7) is 13.7. The van der Waals surface area contributed by atoms with E-state index in [1.807, 2.05) is 11.3 Å². The Labute approximate surface area is 413 Å². The summed E-state index contributed by atoms with van der Waals surface area (Å²) < 4.78 is 12.4. The quantitative estimate of drug-likeness (QED) is 0.162. The van der Waals surface area contributed by atoms with E-state index in [0.29, 0.717) is 0 Å². The van der Waals surface area contributed by atoms with Crippen LogP contribution in [0.25, 0.3) is 81.8 Å². The molecule has 6 heteroatoms. The summed E-state index contributed by atoms with van der Waals surface area (Å²) in [6.07, 6.45) is 0. The van der Waals surface area contributed by atoms with Crippen LogP contribution in [0, 0.1) is 0 Å². The monoisotopic (exact) mass is 921 g/mol. The second-order valence-electron chi connectivity index (χ2n) is 21.0. The smallest absolute Gasteiger partial charge is 0.211 e. The number of para-hydroxylation sites is 3. The van der Waals surface area contributed by atoms with E-state index in [4.69, 9.17) is 4.42 Å². The number of anilines is 5. The zero-order valence-electron chi connectivity index (χ0n) is 40.4. The molecule has 0 saturated carbocycles. The largest absolute Gasteiger partial charge is 0.455 e. The molecule has 0 bridgehead atoms. The van der Waals surface area contributed by atoms with Crippen LogP contribution in [-0.4, -0.2) is 11.8 Å². The van der Waals surface area contributed by atoms with Crippen molar-refractivity contribution in [3.05, 3.63) is 205 Å². The molecule has 0 saturated heterocycles. The second-order valence-corrected chi connectivity index (χ2v) is 22.1. The first-order chi connectivity index (χ1) is 34.0. The lowest BCUT2D eigenvalue weighted by molar-refractivity contribution is 0.590. The highest BCUT2D eigenvalue weighted by Gasteiger charge is 2.34. The van der Waals surface area contributed by atoms with Gasteiger partial charge in [0.2, 0.25) is 7.28 Å². The number of aromatic nitrogens is 1. The lowest BCUT2D eigenvalue weighted by Gasteiger charge is -2.29. The molecule has 70 heavy (non-hydrogen) atoms. The predicted molar refractivity (Wildman–Crippen MR) is 303 cm³/mol. The fourth-order valence-corrected chi connectivity index (χ4v) is 12.2. The van der Waals surface area contributed by atoms with Gasteiger partial charge in [-0.25, -0.2) is 0 Å². The third-order valence-electron chi connectivity index (χ3n) is 14.5. The highest BCUT2D eigenvalue weighted by atomic mass is 32.1. The van der Waals surface area contributed by atoms with Crippen LogP contribution in [-0.2, 0) is 10.8 Å². The highest BCUT2D eigenvalue weighted by Crippen LogP contribution is 2.49. The van der Waals surface area contributed by atoms with Gasteiger partial charge in [-0.2, -0.15) is 0 Å². The molecule has 0 aliphatic carbocycles. The molecule has 13 rings (SSSR count). The summed E-state index contributed by atoms with van der Waals surface area (Å²) >= 11 is 1.92. The van der Waals surface area contributed by atoms with Gasteiger partial charge in [-0.05, 0) is 122 Å². The van der Waals surface area contributed by atoms with Crippen molar-refractivity contribution in [2.45, 2.75) is 52.4 Å². The summed E-state index contributed by atoms with van der Waals surface area (Å²) in [5, 5.41) is 9.90. The molecule has 4 heterocycles. The molecule has 0 atom stereocenters. The molecular weight excluding hydrogens is 870 g/mol. The summed E-state index contributed by atoms with van der Waals surface area (Å²) in [6, 6.07) is 71.2. The Morgan fingerprint density at radius 1 is 0.543 bits per heavy atom. The first-order valence-corrected chi connectivity index (χ1v) is 25.3. The molecule has 3 aromatic heterocycles. The number of furan rings is 1. The number of rotatable bonds is 7. The van der Waals surface area contributed by atoms with Crippen LogP contribution in [0.3, 0.4) is 0 Å². The number of hydrogen-bond acceptors (Lipinski definition) is 4. The van der Waals surface area contributed by atoms with E-state index in [1.54, 1.807) is 0 Å². The second kappa shape index (κ2) is 15.9. The van der Waals surface area contributed by atoms with E-state index < -0.39 is 0 Å². The SMILES string of the molecule is CC(C)(C)c1ccc(N(c2ccc(C(C)(C)C)cc2)c2ccc(-c3c4c5c(c6ccccc6n5-c5c(sc6ccc(-c7ccccc7)cc56)B4)c4oc5ccccc5c34)c(Nc3ccccc3)c2)cc1. The van der Waals surface area contributed by atoms with Gasteiger partial charge in [-0.3, -0.25) is 0 Å². The fraction of sp³-hybridized carbons (Fsp3) is 0.125. The van der Waals surface area contributed by atoms with E-state index in [1.165, 1.54) is 75.6 Å². The minimum atomic E-state index is 0.0313. The molecule has 0 unspecified atom stereocenters. The third-order valence-corrected chi connectivity index (χ3v) is 15.7. The average molecular weight is 922 g/mol. The zero-order chi connectivity index (χ0) is 47.5. The van der Waals surface area contributed by atoms with E-state index >= 15 is 0 Å². The lowest BCUT2D eigenvalue weighted by Crippen LogP contribution is -2.35. The fourth-order valence-electron chi connectivity index (χ4n) is 11.0. The van der Waals surface area contributed by atoms with Crippen LogP contribution in [0.1, 0.15) is 52.7 Å². The Bertz CT molecular complexity index is 3940. The molecule has 338 valence electrons. The third kappa shape index (κ3) is 6.80. The van der Waals surface area contributed by atoms with Crippen LogP contribution in [0.2, 0.25) is 0 Å². The van der Waals surface area contributed by atoms with Gasteiger partial charge in [0.1, 0.15) is 11.2 Å². The molecular formula is C64H52BN3OS. The Kier molecular flexibility index (Phi) is 9.60. The van der Waals surface area contributed by atoms with E-state index in [0.717, 1.165) is 63.2 Å². The molecule has 1 aliphatic rings. The Hall–Kier alpha value is -7.80. The topological polar surface area (TPSA) is 33.3 Å². The van der Waals surface area contributed by atoms with E-state index in [-0.39, 0.29) is 10.8 Å². The molecule has 4 nitrogen and oxygen atoms in total. The van der Waals surface area contributed by atoms with Crippen LogP contribution in [0.4, 0.5) is 28.4 Å². The van der Waals surface area contributed by atoms with Gasteiger partial charge in [-0.1, -0.05) is 163 Å². The van der Waals surface area contributed by atoms with Gasteiger partial charge < -0.3 is 19.2 Å². The van der Waals surface area contributed by atoms with E-state index in [2.05, 4.69) is 250 Å². The Morgan fingerprint density at radius 2 is 1.16 bits per heavy atom. The van der Waals surface area contributed by atoms with E-state index in [9.17, 15) is 0 Å². The number of hydrogen-bond donors (Lipinski definition) is 1. The normalized spacial score (nSPS) is 12.5. The van der Waals surface area contributed by atoms with Gasteiger partial charge in [0.25, 0.3) is 0 Å². The molecule has 9 aromatic carbocycles. The number of nitrogens with one attached hydrogen (secondary N) is 1. The van der Waals surface area contributed by atoms with Crippen LogP contribution < -0.4 is 20.5 Å². The summed E-state index contributed by atoms with van der Waals surface area (Å²) in [7, 11) is 0.784. The molecule has 0 radical (unpaired) electrons. The van der Waals surface area contributed by atoms with Crippen molar-refractivity contribution < 1.29 is 4.42 Å². The van der Waals surface area contributed by atoms with Crippen molar-refractivity contribution >= 4 is 111 Å². The number of fused-ring (bicyclic) bond motifs is 11. The van der Waals surface area contributed by atoms with Gasteiger partial charge in [0.15, 0.2) is 0 Å². The summed E-state index contributed by atoms with van der Waals surface area (Å²) in [5.41, 5.74) is 19.6. The van der Waals surface area contributed by atoms with Crippen molar-refractivity contribution in [1.82, 2.24) is 4.57 Å². The van der Waals surface area contributed by atoms with Gasteiger partial charge in [0.05, 0.1) is 22.1 Å². The molecule has 0 spiro atoms. The maximum atomic E-state index is 7.17. The maximum absolute atomic E-state index is 7.17. The van der Waals surface area contributed by atoms with Gasteiger partial charge in [-0.15, -0.1) is 11.3 Å². The van der Waals surface area contributed by atoms with Crippen LogP contribution >= 0.6 is 11.3 Å². The predicted octanol–water partition coefficient (Wildman–Crippen LogP) is 16.7. The van der Waals surface area contributed by atoms with Crippen molar-refractivity contribution in [3.63, 3.8) is 0 Å². The first-order valence-electron chi connectivity index (χ1n) is 24.5. The molecule has 1 N–H and O–H groups in total. The van der Waals surface area contributed by atoms with Crippen molar-refractivity contribution in [1.29, 1.82) is 0 Å². The molecule has 12 aromatic rings. The van der Waals surface area contributed by atoms with Crippen molar-refractivity contribution in [2.75, 3.05) is 10.2 Å². The summed E-state index contributed by atoms with van der Waals surface area (Å²) in [5.74, 6) is 0. The van der Waals surface area contributed by atoms with Crippen molar-refractivity contribution in [2.24, 2.45) is 0 Å². The molecule has 1 aliphatic heterocycles. The molecule has 0 amide bonds. The minimum Gasteiger partial charge on any atom is -0.455 e. The highest BCUT2D eigenvalue weighted by molar-refractivity contribution is 7.29. The van der Waals surface area contributed by atoms with Crippen molar-refractivity contribution in [3.8, 4) is 27.9 Å². The standard InChI is InChI=1S/C64H52BN3OS/c1-63(2,3)41-26-30-44(31-27-41)67(45-32-28-42(29-33-45)64(4,5)6)46-34-35-47(51(38-46)66-43-19-11-8-12-20-43)55-56-49-22-14-16-24-53(49)69-61(56)57-48-21-13-15-23-52(48)68-59-50-37-40(39-17-9-7-10-18-39)25-36-54(50)70-62(59)65-58(55)60(57)68/h7-38,65-66H,1-6H3. The molecule has 0 fully saturated rings. The first kappa shape index (κ1) is 42.3. The van der Waals surface area contributed by atoms with Gasteiger partial charge >= 0.3 is 0 Å². The van der Waals surface area contributed by atoms with Crippen LogP contribution in [0.5, 0.6) is 0 Å².